The number of benzene rings is 1. The van der Waals surface area contributed by atoms with E-state index >= 15 is 0 Å². The number of ether oxygens (including phenoxy) is 1. The van der Waals surface area contributed by atoms with E-state index in [1.807, 2.05) is 6.92 Å². The molecule has 0 aliphatic carbocycles. The highest BCUT2D eigenvalue weighted by Crippen LogP contribution is 2.16. The van der Waals surface area contributed by atoms with E-state index in [1.165, 1.54) is 4.80 Å². The SMILES string of the molecule is CCCNC(=O)Cn1nnc(-c2cccc(C(=O)OC(C)C)c2)n1. The lowest BCUT2D eigenvalue weighted by atomic mass is 10.1. The Morgan fingerprint density at radius 1 is 1.33 bits per heavy atom. The van der Waals surface area contributed by atoms with Crippen LogP contribution < -0.4 is 5.32 Å². The molecular weight excluding hydrogens is 310 g/mol. The molecule has 0 fully saturated rings. The fourth-order valence-electron chi connectivity index (χ4n) is 1.94. The van der Waals surface area contributed by atoms with Crippen LogP contribution in [0.4, 0.5) is 0 Å². The zero-order chi connectivity index (χ0) is 17.5. The second-order valence-electron chi connectivity index (χ2n) is 5.53. The van der Waals surface area contributed by atoms with Crippen LogP contribution in [0.5, 0.6) is 0 Å². The largest absolute Gasteiger partial charge is 0.459 e. The molecule has 0 radical (unpaired) electrons. The normalized spacial score (nSPS) is 10.7. The Balaban J connectivity index is 2.09. The Kier molecular flexibility index (Phi) is 6.00. The average molecular weight is 331 g/mol. The first-order valence-corrected chi connectivity index (χ1v) is 7.85. The summed E-state index contributed by atoms with van der Waals surface area (Å²) in [6.07, 6.45) is 0.669. The molecule has 0 atom stereocenters. The summed E-state index contributed by atoms with van der Waals surface area (Å²) in [6.45, 7) is 6.17. The van der Waals surface area contributed by atoms with Gasteiger partial charge in [0.1, 0.15) is 6.54 Å². The maximum Gasteiger partial charge on any atom is 0.338 e. The molecule has 8 heteroatoms. The highest BCUT2D eigenvalue weighted by molar-refractivity contribution is 5.90. The van der Waals surface area contributed by atoms with E-state index in [2.05, 4.69) is 20.7 Å². The summed E-state index contributed by atoms with van der Waals surface area (Å²) in [5, 5.41) is 14.7. The van der Waals surface area contributed by atoms with Crippen LogP contribution in [0.15, 0.2) is 24.3 Å². The summed E-state index contributed by atoms with van der Waals surface area (Å²) >= 11 is 0. The van der Waals surface area contributed by atoms with Gasteiger partial charge in [0.25, 0.3) is 0 Å². The van der Waals surface area contributed by atoms with E-state index in [0.29, 0.717) is 23.5 Å². The minimum Gasteiger partial charge on any atom is -0.459 e. The topological polar surface area (TPSA) is 99.0 Å². The molecule has 0 unspecified atom stereocenters. The van der Waals surface area contributed by atoms with Gasteiger partial charge < -0.3 is 10.1 Å². The molecule has 0 saturated carbocycles. The Morgan fingerprint density at radius 2 is 2.12 bits per heavy atom. The van der Waals surface area contributed by atoms with Crippen molar-refractivity contribution >= 4 is 11.9 Å². The molecule has 24 heavy (non-hydrogen) atoms. The van der Waals surface area contributed by atoms with Crippen LogP contribution in [0.2, 0.25) is 0 Å². The van der Waals surface area contributed by atoms with E-state index in [0.717, 1.165) is 6.42 Å². The third-order valence-corrected chi connectivity index (χ3v) is 3.01. The van der Waals surface area contributed by atoms with Crippen LogP contribution in [0.1, 0.15) is 37.6 Å². The maximum atomic E-state index is 12.0. The molecule has 1 aromatic carbocycles. The van der Waals surface area contributed by atoms with Crippen molar-refractivity contribution in [3.05, 3.63) is 29.8 Å². The van der Waals surface area contributed by atoms with Crippen molar-refractivity contribution < 1.29 is 14.3 Å². The standard InChI is InChI=1S/C16H21N5O3/c1-4-8-17-14(22)10-21-19-15(18-20-21)12-6-5-7-13(9-12)16(23)24-11(2)3/h5-7,9,11H,4,8,10H2,1-3H3,(H,17,22). The van der Waals surface area contributed by atoms with Gasteiger partial charge in [-0.05, 0) is 37.6 Å². The van der Waals surface area contributed by atoms with E-state index < -0.39 is 5.97 Å². The van der Waals surface area contributed by atoms with Crippen molar-refractivity contribution in [1.29, 1.82) is 0 Å². The van der Waals surface area contributed by atoms with Gasteiger partial charge in [0.2, 0.25) is 11.7 Å². The number of hydrogen-bond donors (Lipinski definition) is 1. The molecule has 2 aromatic rings. The van der Waals surface area contributed by atoms with Gasteiger partial charge in [-0.2, -0.15) is 4.80 Å². The predicted octanol–water partition coefficient (Wildman–Crippen LogP) is 1.43. The molecular formula is C16H21N5O3. The van der Waals surface area contributed by atoms with Crippen molar-refractivity contribution in [3.63, 3.8) is 0 Å². The molecule has 0 bridgehead atoms. The Morgan fingerprint density at radius 3 is 2.83 bits per heavy atom. The zero-order valence-corrected chi connectivity index (χ0v) is 14.0. The number of amides is 1. The molecule has 1 aromatic heterocycles. The Hall–Kier alpha value is -2.77. The fraction of sp³-hybridized carbons (Fsp3) is 0.438. The minimum absolute atomic E-state index is 0.00207. The highest BCUT2D eigenvalue weighted by atomic mass is 16.5. The molecule has 0 spiro atoms. The van der Waals surface area contributed by atoms with Crippen molar-refractivity contribution in [1.82, 2.24) is 25.5 Å². The van der Waals surface area contributed by atoms with Crippen LogP contribution in [0.3, 0.4) is 0 Å². The van der Waals surface area contributed by atoms with E-state index in [4.69, 9.17) is 4.74 Å². The number of tetrazole rings is 1. The van der Waals surface area contributed by atoms with Crippen LogP contribution in [-0.2, 0) is 16.1 Å². The number of esters is 1. The monoisotopic (exact) mass is 331 g/mol. The van der Waals surface area contributed by atoms with Crippen LogP contribution in [0, 0.1) is 0 Å². The molecule has 8 nitrogen and oxygen atoms in total. The third kappa shape index (κ3) is 4.87. The number of carbonyl (C=O) groups is 2. The molecule has 1 amide bonds. The van der Waals surface area contributed by atoms with Gasteiger partial charge in [0.05, 0.1) is 11.7 Å². The number of nitrogens with one attached hydrogen (secondary N) is 1. The molecule has 0 aliphatic heterocycles. The number of aromatic nitrogens is 4. The lowest BCUT2D eigenvalue weighted by Crippen LogP contribution is -2.29. The van der Waals surface area contributed by atoms with Crippen LogP contribution in [-0.4, -0.2) is 44.7 Å². The minimum atomic E-state index is -0.404. The second kappa shape index (κ2) is 8.19. The van der Waals surface area contributed by atoms with E-state index in [9.17, 15) is 9.59 Å². The highest BCUT2D eigenvalue weighted by Gasteiger charge is 2.13. The third-order valence-electron chi connectivity index (χ3n) is 3.01. The summed E-state index contributed by atoms with van der Waals surface area (Å²) in [6, 6.07) is 6.80. The Bertz CT molecular complexity index is 711. The lowest BCUT2D eigenvalue weighted by Gasteiger charge is -2.08. The van der Waals surface area contributed by atoms with Gasteiger partial charge in [-0.25, -0.2) is 4.79 Å². The van der Waals surface area contributed by atoms with E-state index in [-0.39, 0.29) is 18.6 Å². The summed E-state index contributed by atoms with van der Waals surface area (Å²) in [7, 11) is 0. The second-order valence-corrected chi connectivity index (χ2v) is 5.53. The van der Waals surface area contributed by atoms with Crippen molar-refractivity contribution in [3.8, 4) is 11.4 Å². The van der Waals surface area contributed by atoms with Gasteiger partial charge in [0, 0.05) is 12.1 Å². The summed E-state index contributed by atoms with van der Waals surface area (Å²) in [5.74, 6) is -0.231. The summed E-state index contributed by atoms with van der Waals surface area (Å²) < 4.78 is 5.17. The average Bonchev–Trinajstić information content (AvgIpc) is 3.01. The van der Waals surface area contributed by atoms with Crippen LogP contribution in [0.25, 0.3) is 11.4 Å². The van der Waals surface area contributed by atoms with E-state index in [1.54, 1.807) is 38.1 Å². The molecule has 128 valence electrons. The predicted molar refractivity (Wildman–Crippen MR) is 87.1 cm³/mol. The Labute approximate surface area is 140 Å². The van der Waals surface area contributed by atoms with Gasteiger partial charge in [-0.1, -0.05) is 19.1 Å². The number of hydrogen-bond acceptors (Lipinski definition) is 6. The van der Waals surface area contributed by atoms with Crippen molar-refractivity contribution in [2.45, 2.75) is 39.8 Å². The van der Waals surface area contributed by atoms with Gasteiger partial charge in [-0.15, -0.1) is 10.2 Å². The molecule has 1 N–H and O–H groups in total. The number of nitrogens with zero attached hydrogens (tertiary/aromatic N) is 4. The quantitative estimate of drug-likeness (QED) is 0.771. The summed E-state index contributed by atoms with van der Waals surface area (Å²) in [4.78, 5) is 24.8. The number of rotatable bonds is 7. The number of carbonyl (C=O) groups excluding carboxylic acids is 2. The molecule has 0 saturated heterocycles. The van der Waals surface area contributed by atoms with Gasteiger partial charge in [0.15, 0.2) is 0 Å². The molecule has 2 rings (SSSR count). The van der Waals surface area contributed by atoms with Crippen molar-refractivity contribution in [2.75, 3.05) is 6.54 Å². The first kappa shape index (κ1) is 17.6. The van der Waals surface area contributed by atoms with Crippen molar-refractivity contribution in [2.24, 2.45) is 0 Å². The maximum absolute atomic E-state index is 12.0. The zero-order valence-electron chi connectivity index (χ0n) is 14.0. The van der Waals surface area contributed by atoms with Gasteiger partial charge >= 0.3 is 5.97 Å². The molecule has 0 aliphatic rings. The first-order valence-electron chi connectivity index (χ1n) is 7.85. The first-order chi connectivity index (χ1) is 11.5. The smallest absolute Gasteiger partial charge is 0.338 e. The van der Waals surface area contributed by atoms with Crippen LogP contribution >= 0.6 is 0 Å². The lowest BCUT2D eigenvalue weighted by molar-refractivity contribution is -0.122. The summed E-state index contributed by atoms with van der Waals surface area (Å²) in [5.41, 5.74) is 1.05. The molecule has 1 heterocycles. The van der Waals surface area contributed by atoms with Gasteiger partial charge in [-0.3, -0.25) is 4.79 Å². The fourth-order valence-corrected chi connectivity index (χ4v) is 1.94.